The van der Waals surface area contributed by atoms with Gasteiger partial charge in [0.1, 0.15) is 12.4 Å². The number of benzene rings is 1. The van der Waals surface area contributed by atoms with Crippen molar-refractivity contribution in [2.24, 2.45) is 4.99 Å². The fraction of sp³-hybridized carbons (Fsp3) is 0.368. The number of nitrogens with zero attached hydrogens (tertiary/aromatic N) is 2. The molecule has 2 rings (SSSR count). The summed E-state index contributed by atoms with van der Waals surface area (Å²) < 4.78 is 5.61. The van der Waals surface area contributed by atoms with Crippen LogP contribution in [-0.2, 0) is 6.42 Å². The highest BCUT2D eigenvalue weighted by molar-refractivity contribution is 14.0. The fourth-order valence-corrected chi connectivity index (χ4v) is 2.23. The maximum atomic E-state index is 5.61. The summed E-state index contributed by atoms with van der Waals surface area (Å²) in [5.74, 6) is 1.62. The van der Waals surface area contributed by atoms with Crippen LogP contribution in [0, 0.1) is 0 Å². The van der Waals surface area contributed by atoms with Crippen LogP contribution in [0.2, 0.25) is 0 Å². The van der Waals surface area contributed by atoms with Crippen molar-refractivity contribution in [2.75, 3.05) is 26.2 Å². The molecule has 0 bridgehead atoms. The molecule has 0 saturated heterocycles. The van der Waals surface area contributed by atoms with Gasteiger partial charge in [0.15, 0.2) is 5.96 Å². The average molecular weight is 454 g/mol. The van der Waals surface area contributed by atoms with Gasteiger partial charge in [-0.05, 0) is 37.5 Å². The lowest BCUT2D eigenvalue weighted by Gasteiger charge is -2.12. The van der Waals surface area contributed by atoms with Crippen LogP contribution in [0.1, 0.15) is 18.9 Å². The zero-order chi connectivity index (χ0) is 16.9. The van der Waals surface area contributed by atoms with Crippen LogP contribution < -0.4 is 15.4 Å². The van der Waals surface area contributed by atoms with Gasteiger partial charge in [-0.15, -0.1) is 24.0 Å². The van der Waals surface area contributed by atoms with Gasteiger partial charge in [-0.1, -0.05) is 30.3 Å². The molecule has 1 heterocycles. The number of hydrogen-bond acceptors (Lipinski definition) is 3. The molecule has 0 aliphatic heterocycles. The standard InChI is InChI=1S/C19H26N4O.HI/c1-2-21-19(22-13-6-10-17-8-4-3-5-9-17)23-14-15-24-18-11-7-12-20-16-18;/h3-5,7-9,11-12,16H,2,6,10,13-15H2,1H3,(H2,21,22,23);1H. The van der Waals surface area contributed by atoms with Crippen molar-refractivity contribution in [3.05, 3.63) is 60.4 Å². The van der Waals surface area contributed by atoms with Gasteiger partial charge in [0.2, 0.25) is 0 Å². The highest BCUT2D eigenvalue weighted by Gasteiger charge is 1.98. The molecule has 0 radical (unpaired) electrons. The van der Waals surface area contributed by atoms with Gasteiger partial charge in [0, 0.05) is 19.3 Å². The van der Waals surface area contributed by atoms with E-state index in [1.165, 1.54) is 5.56 Å². The number of halogens is 1. The lowest BCUT2D eigenvalue weighted by Crippen LogP contribution is -2.39. The molecule has 0 amide bonds. The Labute approximate surface area is 167 Å². The van der Waals surface area contributed by atoms with E-state index < -0.39 is 0 Å². The second-order valence-corrected chi connectivity index (χ2v) is 5.31. The zero-order valence-corrected chi connectivity index (χ0v) is 17.0. The predicted octanol–water partition coefficient (Wildman–Crippen LogP) is 3.27. The van der Waals surface area contributed by atoms with E-state index >= 15 is 0 Å². The van der Waals surface area contributed by atoms with Crippen molar-refractivity contribution in [3.63, 3.8) is 0 Å². The van der Waals surface area contributed by atoms with E-state index in [0.717, 1.165) is 37.6 Å². The molecule has 0 spiro atoms. The molecule has 136 valence electrons. The van der Waals surface area contributed by atoms with E-state index in [1.807, 2.05) is 18.2 Å². The highest BCUT2D eigenvalue weighted by atomic mass is 127. The molecule has 0 unspecified atom stereocenters. The first kappa shape index (κ1) is 21.2. The van der Waals surface area contributed by atoms with E-state index in [9.17, 15) is 0 Å². The first-order valence-corrected chi connectivity index (χ1v) is 8.47. The van der Waals surface area contributed by atoms with Gasteiger partial charge in [0.25, 0.3) is 0 Å². The van der Waals surface area contributed by atoms with Gasteiger partial charge in [-0.2, -0.15) is 0 Å². The SMILES string of the molecule is CCNC(=NCCCc1ccccc1)NCCOc1cccnc1.I. The van der Waals surface area contributed by atoms with Crippen LogP contribution in [0.4, 0.5) is 0 Å². The summed E-state index contributed by atoms with van der Waals surface area (Å²) in [4.78, 5) is 8.62. The minimum Gasteiger partial charge on any atom is -0.490 e. The number of rotatable bonds is 9. The number of pyridine rings is 1. The van der Waals surface area contributed by atoms with Crippen LogP contribution in [0.15, 0.2) is 59.9 Å². The zero-order valence-electron chi connectivity index (χ0n) is 14.6. The first-order chi connectivity index (χ1) is 11.9. The van der Waals surface area contributed by atoms with E-state index in [2.05, 4.69) is 51.8 Å². The second-order valence-electron chi connectivity index (χ2n) is 5.31. The third kappa shape index (κ3) is 9.28. The van der Waals surface area contributed by atoms with E-state index in [1.54, 1.807) is 12.4 Å². The molecule has 0 aliphatic carbocycles. The number of nitrogens with one attached hydrogen (secondary N) is 2. The fourth-order valence-electron chi connectivity index (χ4n) is 2.23. The van der Waals surface area contributed by atoms with E-state index in [4.69, 9.17) is 4.74 Å². The van der Waals surface area contributed by atoms with Crippen molar-refractivity contribution in [3.8, 4) is 5.75 Å². The lowest BCUT2D eigenvalue weighted by molar-refractivity contribution is 0.320. The number of aliphatic imine (C=N–C) groups is 1. The number of ether oxygens (including phenoxy) is 1. The van der Waals surface area contributed by atoms with Crippen LogP contribution in [0.25, 0.3) is 0 Å². The molecule has 6 heteroatoms. The average Bonchev–Trinajstić information content (AvgIpc) is 2.64. The number of guanidine groups is 1. The van der Waals surface area contributed by atoms with Crippen LogP contribution in [0.5, 0.6) is 5.75 Å². The molecule has 0 atom stereocenters. The Morgan fingerprint density at radius 2 is 1.96 bits per heavy atom. The van der Waals surface area contributed by atoms with Gasteiger partial charge in [-0.3, -0.25) is 9.98 Å². The van der Waals surface area contributed by atoms with Crippen LogP contribution >= 0.6 is 24.0 Å². The Bertz CT molecular complexity index is 593. The van der Waals surface area contributed by atoms with Crippen LogP contribution in [0.3, 0.4) is 0 Å². The smallest absolute Gasteiger partial charge is 0.191 e. The molecule has 1 aromatic carbocycles. The van der Waals surface area contributed by atoms with Crippen molar-refractivity contribution >= 4 is 29.9 Å². The molecule has 0 aliphatic rings. The summed E-state index contributed by atoms with van der Waals surface area (Å²) in [6, 6.07) is 14.3. The highest BCUT2D eigenvalue weighted by Crippen LogP contribution is 2.05. The first-order valence-electron chi connectivity index (χ1n) is 8.47. The summed E-state index contributed by atoms with van der Waals surface area (Å²) in [5.41, 5.74) is 1.36. The van der Waals surface area contributed by atoms with Crippen LogP contribution in [-0.4, -0.2) is 37.2 Å². The Balaban J connectivity index is 0.00000312. The molecule has 0 saturated carbocycles. The third-order valence-corrected chi connectivity index (χ3v) is 3.38. The molecule has 25 heavy (non-hydrogen) atoms. The van der Waals surface area contributed by atoms with Crippen molar-refractivity contribution in [2.45, 2.75) is 19.8 Å². The molecular formula is C19H27IN4O. The molecule has 1 aromatic heterocycles. The number of aryl methyl sites for hydroxylation is 1. The maximum absolute atomic E-state index is 5.61. The molecular weight excluding hydrogens is 427 g/mol. The summed E-state index contributed by atoms with van der Waals surface area (Å²) in [5, 5.41) is 6.53. The molecule has 5 nitrogen and oxygen atoms in total. The number of aromatic nitrogens is 1. The predicted molar refractivity (Wildman–Crippen MR) is 114 cm³/mol. The van der Waals surface area contributed by atoms with Gasteiger partial charge in [0.05, 0.1) is 12.7 Å². The maximum Gasteiger partial charge on any atom is 0.191 e. The quantitative estimate of drug-likeness (QED) is 0.264. The minimum atomic E-state index is 0. The van der Waals surface area contributed by atoms with Gasteiger partial charge in [-0.25, -0.2) is 0 Å². The minimum absolute atomic E-state index is 0. The summed E-state index contributed by atoms with van der Waals surface area (Å²) in [6.07, 6.45) is 5.53. The van der Waals surface area contributed by atoms with E-state index in [-0.39, 0.29) is 24.0 Å². The van der Waals surface area contributed by atoms with E-state index in [0.29, 0.717) is 13.2 Å². The van der Waals surface area contributed by atoms with Gasteiger partial charge >= 0.3 is 0 Å². The van der Waals surface area contributed by atoms with Gasteiger partial charge < -0.3 is 15.4 Å². The lowest BCUT2D eigenvalue weighted by atomic mass is 10.1. The summed E-state index contributed by atoms with van der Waals surface area (Å²) in [6.45, 7) is 4.97. The Hall–Kier alpha value is -1.83. The largest absolute Gasteiger partial charge is 0.490 e. The summed E-state index contributed by atoms with van der Waals surface area (Å²) >= 11 is 0. The summed E-state index contributed by atoms with van der Waals surface area (Å²) in [7, 11) is 0. The topological polar surface area (TPSA) is 58.5 Å². The third-order valence-electron chi connectivity index (χ3n) is 3.38. The van der Waals surface area contributed by atoms with Crippen molar-refractivity contribution in [1.82, 2.24) is 15.6 Å². The Morgan fingerprint density at radius 1 is 1.12 bits per heavy atom. The molecule has 2 N–H and O–H groups in total. The van der Waals surface area contributed by atoms with Crippen molar-refractivity contribution in [1.29, 1.82) is 0 Å². The monoisotopic (exact) mass is 454 g/mol. The molecule has 0 fully saturated rings. The van der Waals surface area contributed by atoms with Crippen molar-refractivity contribution < 1.29 is 4.74 Å². The second kappa shape index (κ2) is 13.5. The Kier molecular flexibility index (Phi) is 11.4. The normalized spacial score (nSPS) is 10.7. The molecule has 2 aromatic rings. The Morgan fingerprint density at radius 3 is 2.68 bits per heavy atom. The number of hydrogen-bond donors (Lipinski definition) is 2.